The highest BCUT2D eigenvalue weighted by Crippen LogP contribution is 2.36. The summed E-state index contributed by atoms with van der Waals surface area (Å²) < 4.78 is 5.54. The number of hydrogen-bond donors (Lipinski definition) is 0. The summed E-state index contributed by atoms with van der Waals surface area (Å²) in [5.74, 6) is 0.561. The summed E-state index contributed by atoms with van der Waals surface area (Å²) in [7, 11) is 1.71. The lowest BCUT2D eigenvalue weighted by molar-refractivity contribution is -0.120. The van der Waals surface area contributed by atoms with Crippen molar-refractivity contribution in [2.45, 2.75) is 39.2 Å². The van der Waals surface area contributed by atoms with E-state index < -0.39 is 0 Å². The summed E-state index contributed by atoms with van der Waals surface area (Å²) >= 11 is 3.47. The highest BCUT2D eigenvalue weighted by molar-refractivity contribution is 9.09. The van der Waals surface area contributed by atoms with E-state index in [4.69, 9.17) is 4.74 Å². The third kappa shape index (κ3) is 2.51. The van der Waals surface area contributed by atoms with Crippen molar-refractivity contribution in [2.24, 2.45) is 5.92 Å². The van der Waals surface area contributed by atoms with Crippen LogP contribution < -0.4 is 0 Å². The van der Waals surface area contributed by atoms with Crippen LogP contribution in [-0.4, -0.2) is 23.8 Å². The number of allylic oxidation sites excluding steroid dienone is 2. The molecule has 0 saturated heterocycles. The molecular weight excluding hydrogens is 256 g/mol. The number of alkyl halides is 1. The van der Waals surface area contributed by atoms with Crippen LogP contribution in [0.3, 0.4) is 0 Å². The maximum atomic E-state index is 11.8. The van der Waals surface area contributed by atoms with E-state index in [9.17, 15) is 4.79 Å². The number of Topliss-reactive ketones (excluding diaryl/α,β-unsaturated/α-hetero) is 1. The molecule has 0 N–H and O–H groups in total. The van der Waals surface area contributed by atoms with Gasteiger partial charge in [-0.15, -0.1) is 0 Å². The number of carbonyl (C=O) groups is 1. The lowest BCUT2D eigenvalue weighted by atomic mass is 9.76. The van der Waals surface area contributed by atoms with E-state index in [2.05, 4.69) is 22.9 Å². The third-order valence-corrected chi connectivity index (χ3v) is 4.75. The second-order valence-corrected chi connectivity index (χ2v) is 5.14. The molecule has 2 atom stereocenters. The van der Waals surface area contributed by atoms with Gasteiger partial charge in [-0.25, -0.2) is 0 Å². The number of ketones is 1. The van der Waals surface area contributed by atoms with Crippen molar-refractivity contribution in [3.05, 3.63) is 11.1 Å². The smallest absolute Gasteiger partial charge is 0.158 e. The molecular formula is C12H19BrO2. The largest absolute Gasteiger partial charge is 0.377 e. The molecule has 15 heavy (non-hydrogen) atoms. The number of halogens is 1. The van der Waals surface area contributed by atoms with E-state index in [1.165, 1.54) is 5.57 Å². The van der Waals surface area contributed by atoms with Gasteiger partial charge in [-0.2, -0.15) is 0 Å². The predicted octanol–water partition coefficient (Wildman–Crippen LogP) is 3.10. The Balaban J connectivity index is 2.89. The van der Waals surface area contributed by atoms with Gasteiger partial charge in [0.05, 0.1) is 5.60 Å². The molecule has 0 fully saturated rings. The molecule has 2 nitrogen and oxygen atoms in total. The van der Waals surface area contributed by atoms with Gasteiger partial charge in [-0.05, 0) is 38.7 Å². The zero-order chi connectivity index (χ0) is 11.6. The maximum absolute atomic E-state index is 11.8. The zero-order valence-electron chi connectivity index (χ0n) is 9.89. The Bertz CT molecular complexity index is 290. The third-order valence-electron chi connectivity index (χ3n) is 3.64. The molecule has 0 saturated carbocycles. The van der Waals surface area contributed by atoms with Gasteiger partial charge in [0, 0.05) is 18.9 Å². The van der Waals surface area contributed by atoms with Crippen LogP contribution in [-0.2, 0) is 9.53 Å². The van der Waals surface area contributed by atoms with E-state index >= 15 is 0 Å². The zero-order valence-corrected chi connectivity index (χ0v) is 11.5. The van der Waals surface area contributed by atoms with Crippen molar-refractivity contribution in [3.8, 4) is 0 Å². The van der Waals surface area contributed by atoms with E-state index in [-0.39, 0.29) is 17.3 Å². The second kappa shape index (κ2) is 4.79. The van der Waals surface area contributed by atoms with Gasteiger partial charge in [0.25, 0.3) is 0 Å². The number of methoxy groups -OCH3 is 1. The summed E-state index contributed by atoms with van der Waals surface area (Å²) in [6.07, 6.45) is 1.58. The molecule has 0 amide bonds. The summed E-state index contributed by atoms with van der Waals surface area (Å²) in [6, 6.07) is 0. The van der Waals surface area contributed by atoms with Gasteiger partial charge in [-0.3, -0.25) is 4.79 Å². The van der Waals surface area contributed by atoms with E-state index in [1.54, 1.807) is 7.11 Å². The summed E-state index contributed by atoms with van der Waals surface area (Å²) in [4.78, 5) is 11.8. The molecule has 0 radical (unpaired) electrons. The Morgan fingerprint density at radius 2 is 2.07 bits per heavy atom. The van der Waals surface area contributed by atoms with Crippen LogP contribution in [0.25, 0.3) is 0 Å². The molecule has 1 aliphatic rings. The van der Waals surface area contributed by atoms with Crippen LogP contribution in [0.2, 0.25) is 0 Å². The Labute approximate surface area is 100 Å². The van der Waals surface area contributed by atoms with Crippen LogP contribution in [0.5, 0.6) is 0 Å². The van der Waals surface area contributed by atoms with Gasteiger partial charge in [-0.1, -0.05) is 21.5 Å². The minimum Gasteiger partial charge on any atom is -0.377 e. The minimum absolute atomic E-state index is 0.238. The van der Waals surface area contributed by atoms with Gasteiger partial charge < -0.3 is 4.74 Å². The van der Waals surface area contributed by atoms with Crippen molar-refractivity contribution >= 4 is 21.7 Å². The summed E-state index contributed by atoms with van der Waals surface area (Å²) in [6.45, 7) is 6.03. The Hall–Kier alpha value is -0.150. The second-order valence-electron chi connectivity index (χ2n) is 4.58. The quantitative estimate of drug-likeness (QED) is 0.740. The normalized spacial score (nSPS) is 26.7. The maximum Gasteiger partial charge on any atom is 0.158 e. The molecule has 1 rings (SSSR count). The molecule has 86 valence electrons. The van der Waals surface area contributed by atoms with Crippen molar-refractivity contribution in [3.63, 3.8) is 0 Å². The predicted molar refractivity (Wildman–Crippen MR) is 65.3 cm³/mol. The molecule has 0 aromatic rings. The SMILES string of the molecule is COC(C)(CBr)[C@@H]1CC(=O)C(C)=C(C)C1. The van der Waals surface area contributed by atoms with Crippen LogP contribution in [0, 0.1) is 5.92 Å². The molecule has 0 aliphatic heterocycles. The highest BCUT2D eigenvalue weighted by Gasteiger charge is 2.37. The topological polar surface area (TPSA) is 26.3 Å². The average molecular weight is 275 g/mol. The fourth-order valence-electron chi connectivity index (χ4n) is 1.97. The van der Waals surface area contributed by atoms with Gasteiger partial charge in [0.1, 0.15) is 0 Å². The van der Waals surface area contributed by atoms with E-state index in [0.29, 0.717) is 6.42 Å². The van der Waals surface area contributed by atoms with Gasteiger partial charge in [0.15, 0.2) is 5.78 Å². The molecule has 0 heterocycles. The number of rotatable bonds is 3. The summed E-state index contributed by atoms with van der Waals surface area (Å²) in [5.41, 5.74) is 1.91. The summed E-state index contributed by atoms with van der Waals surface area (Å²) in [5, 5.41) is 0.765. The molecule has 0 bridgehead atoms. The van der Waals surface area contributed by atoms with Crippen LogP contribution in [0.4, 0.5) is 0 Å². The first kappa shape index (κ1) is 12.9. The standard InChI is InChI=1S/C12H19BrO2/c1-8-5-10(6-11(14)9(8)2)12(3,7-13)15-4/h10H,5-7H2,1-4H3/t10-,12?/m0/s1. The Morgan fingerprint density at radius 1 is 1.47 bits per heavy atom. The van der Waals surface area contributed by atoms with Crippen molar-refractivity contribution in [1.82, 2.24) is 0 Å². The lowest BCUT2D eigenvalue weighted by Crippen LogP contribution is -2.41. The Kier molecular flexibility index (Phi) is 4.13. The highest BCUT2D eigenvalue weighted by atomic mass is 79.9. The van der Waals surface area contributed by atoms with Gasteiger partial charge >= 0.3 is 0 Å². The van der Waals surface area contributed by atoms with Crippen LogP contribution in [0.1, 0.15) is 33.6 Å². The molecule has 0 spiro atoms. The number of carbonyl (C=O) groups excluding carboxylic acids is 1. The molecule has 0 aromatic heterocycles. The molecule has 1 aliphatic carbocycles. The van der Waals surface area contributed by atoms with Crippen LogP contribution >= 0.6 is 15.9 Å². The number of hydrogen-bond acceptors (Lipinski definition) is 2. The lowest BCUT2D eigenvalue weighted by Gasteiger charge is -2.37. The van der Waals surface area contributed by atoms with Crippen LogP contribution in [0.15, 0.2) is 11.1 Å². The first-order chi connectivity index (χ1) is 6.94. The molecule has 1 unspecified atom stereocenters. The Morgan fingerprint density at radius 3 is 2.47 bits per heavy atom. The van der Waals surface area contributed by atoms with E-state index in [1.807, 2.05) is 13.8 Å². The van der Waals surface area contributed by atoms with Crippen molar-refractivity contribution in [2.75, 3.05) is 12.4 Å². The molecule has 3 heteroatoms. The minimum atomic E-state index is -0.238. The van der Waals surface area contributed by atoms with Crippen molar-refractivity contribution in [1.29, 1.82) is 0 Å². The fourth-order valence-corrected chi connectivity index (χ4v) is 2.66. The molecule has 0 aromatic carbocycles. The van der Waals surface area contributed by atoms with Crippen molar-refractivity contribution < 1.29 is 9.53 Å². The fraction of sp³-hybridized carbons (Fsp3) is 0.750. The first-order valence-corrected chi connectivity index (χ1v) is 6.37. The van der Waals surface area contributed by atoms with E-state index in [0.717, 1.165) is 17.3 Å². The average Bonchev–Trinajstić information content (AvgIpc) is 2.24. The number of ether oxygens (including phenoxy) is 1. The monoisotopic (exact) mass is 274 g/mol. The first-order valence-electron chi connectivity index (χ1n) is 5.25. The van der Waals surface area contributed by atoms with Gasteiger partial charge in [0.2, 0.25) is 0 Å².